The monoisotopic (exact) mass is 270 g/mol. The highest BCUT2D eigenvalue weighted by molar-refractivity contribution is 5.60. The molecule has 0 aromatic rings. The molecule has 0 atom stereocenters. The lowest BCUT2D eigenvalue weighted by Crippen LogP contribution is -2.39. The van der Waals surface area contributed by atoms with Gasteiger partial charge < -0.3 is 0 Å². The molecule has 2 aliphatic rings. The summed E-state index contributed by atoms with van der Waals surface area (Å²) in [6, 6.07) is 0. The maximum Gasteiger partial charge on any atom is 0.0226 e. The maximum absolute atomic E-state index is 2.45. The van der Waals surface area contributed by atoms with Gasteiger partial charge in [-0.3, -0.25) is 0 Å². The normalized spacial score (nSPS) is 25.5. The number of hydrogen-bond donors (Lipinski definition) is 0. The summed E-state index contributed by atoms with van der Waals surface area (Å²) in [5, 5.41) is 0. The molecule has 0 spiro atoms. The Hall–Kier alpha value is -1.04. The molecule has 110 valence electrons. The van der Waals surface area contributed by atoms with E-state index in [0.29, 0.717) is 0 Å². The molecule has 0 bridgehead atoms. The van der Waals surface area contributed by atoms with Crippen LogP contribution in [0.3, 0.4) is 0 Å². The van der Waals surface area contributed by atoms with Crippen molar-refractivity contribution in [3.05, 3.63) is 44.6 Å². The Kier molecular flexibility index (Phi) is 3.24. The molecule has 0 fully saturated rings. The van der Waals surface area contributed by atoms with Crippen molar-refractivity contribution >= 4 is 0 Å². The van der Waals surface area contributed by atoms with Crippen LogP contribution in [-0.2, 0) is 0 Å². The summed E-state index contributed by atoms with van der Waals surface area (Å²) in [6.07, 6.45) is 0. The van der Waals surface area contributed by atoms with Gasteiger partial charge in [-0.05, 0) is 77.7 Å². The van der Waals surface area contributed by atoms with E-state index in [1.807, 2.05) is 0 Å². The van der Waals surface area contributed by atoms with Crippen molar-refractivity contribution < 1.29 is 0 Å². The molecule has 20 heavy (non-hydrogen) atoms. The summed E-state index contributed by atoms with van der Waals surface area (Å²) in [5.74, 6) is 0. The average molecular weight is 270 g/mol. The van der Waals surface area contributed by atoms with E-state index in [2.05, 4.69) is 69.2 Å². The molecule has 0 heteroatoms. The van der Waals surface area contributed by atoms with Crippen LogP contribution >= 0.6 is 0 Å². The smallest absolute Gasteiger partial charge is 0.0226 e. The summed E-state index contributed by atoms with van der Waals surface area (Å²) in [7, 11) is 0. The molecule has 0 amide bonds. The molecular formula is C20H30. The first-order valence-corrected chi connectivity index (χ1v) is 7.75. The van der Waals surface area contributed by atoms with E-state index in [1.165, 1.54) is 22.3 Å². The van der Waals surface area contributed by atoms with Crippen molar-refractivity contribution in [2.75, 3.05) is 0 Å². The second-order valence-electron chi connectivity index (χ2n) is 7.25. The first-order valence-electron chi connectivity index (χ1n) is 7.75. The molecule has 2 rings (SSSR count). The van der Waals surface area contributed by atoms with Crippen LogP contribution in [0.4, 0.5) is 0 Å². The predicted molar refractivity (Wildman–Crippen MR) is 89.7 cm³/mol. The van der Waals surface area contributed by atoms with E-state index in [1.54, 1.807) is 22.3 Å². The van der Waals surface area contributed by atoms with Gasteiger partial charge in [0.1, 0.15) is 0 Å². The highest BCUT2D eigenvalue weighted by Gasteiger charge is 2.54. The minimum atomic E-state index is 0.119. The fourth-order valence-corrected chi connectivity index (χ4v) is 4.69. The van der Waals surface area contributed by atoms with E-state index < -0.39 is 0 Å². The van der Waals surface area contributed by atoms with Crippen molar-refractivity contribution in [1.82, 2.24) is 0 Å². The fourth-order valence-electron chi connectivity index (χ4n) is 4.69. The third-order valence-corrected chi connectivity index (χ3v) is 7.38. The van der Waals surface area contributed by atoms with E-state index in [-0.39, 0.29) is 10.8 Å². The van der Waals surface area contributed by atoms with Crippen molar-refractivity contribution in [3.8, 4) is 0 Å². The van der Waals surface area contributed by atoms with Crippen LogP contribution in [0.15, 0.2) is 44.6 Å². The molecule has 0 saturated carbocycles. The Balaban J connectivity index is 2.82. The van der Waals surface area contributed by atoms with Gasteiger partial charge in [0.2, 0.25) is 0 Å². The Morgan fingerprint density at radius 3 is 0.700 bits per heavy atom. The molecule has 0 nitrogen and oxygen atoms in total. The number of rotatable bonds is 1. The van der Waals surface area contributed by atoms with E-state index >= 15 is 0 Å². The quantitative estimate of drug-likeness (QED) is 0.519. The van der Waals surface area contributed by atoms with Gasteiger partial charge in [-0.2, -0.15) is 0 Å². The van der Waals surface area contributed by atoms with Gasteiger partial charge >= 0.3 is 0 Å². The Morgan fingerprint density at radius 1 is 0.400 bits per heavy atom. The molecule has 0 N–H and O–H groups in total. The van der Waals surface area contributed by atoms with Crippen molar-refractivity contribution in [2.45, 2.75) is 69.2 Å². The standard InChI is InChI=1S/C20H30/c1-11-12(2)16(6)19(9,15(11)5)20(10)17(7)13(3)14(4)18(20)8/h1-10H3. The molecule has 0 aliphatic heterocycles. The van der Waals surface area contributed by atoms with Crippen LogP contribution in [0.2, 0.25) is 0 Å². The van der Waals surface area contributed by atoms with E-state index in [9.17, 15) is 0 Å². The summed E-state index contributed by atoms with van der Waals surface area (Å²) in [4.78, 5) is 0. The van der Waals surface area contributed by atoms with E-state index in [4.69, 9.17) is 0 Å². The molecule has 0 aromatic heterocycles. The Bertz CT molecular complexity index is 510. The third-order valence-electron chi connectivity index (χ3n) is 7.38. The summed E-state index contributed by atoms with van der Waals surface area (Å²) < 4.78 is 0. The molecule has 0 aromatic carbocycles. The topological polar surface area (TPSA) is 0 Å². The lowest BCUT2D eigenvalue weighted by atomic mass is 9.55. The van der Waals surface area contributed by atoms with Crippen LogP contribution in [0.5, 0.6) is 0 Å². The Morgan fingerprint density at radius 2 is 0.550 bits per heavy atom. The minimum absolute atomic E-state index is 0.119. The van der Waals surface area contributed by atoms with Gasteiger partial charge in [0.25, 0.3) is 0 Å². The van der Waals surface area contributed by atoms with Gasteiger partial charge in [0.05, 0.1) is 0 Å². The van der Waals surface area contributed by atoms with Crippen LogP contribution in [0.25, 0.3) is 0 Å². The van der Waals surface area contributed by atoms with Crippen LogP contribution in [0, 0.1) is 10.8 Å². The van der Waals surface area contributed by atoms with Gasteiger partial charge in [-0.15, -0.1) is 0 Å². The molecule has 2 aliphatic carbocycles. The van der Waals surface area contributed by atoms with Crippen LogP contribution in [0.1, 0.15) is 69.2 Å². The maximum atomic E-state index is 2.45. The fraction of sp³-hybridized carbons (Fsp3) is 0.600. The summed E-state index contributed by atoms with van der Waals surface area (Å²) >= 11 is 0. The second kappa shape index (κ2) is 4.23. The highest BCUT2D eigenvalue weighted by Crippen LogP contribution is 2.65. The highest BCUT2D eigenvalue weighted by atomic mass is 14.6. The van der Waals surface area contributed by atoms with Crippen LogP contribution in [-0.4, -0.2) is 0 Å². The Labute approximate surface area is 125 Å². The summed E-state index contributed by atoms with van der Waals surface area (Å²) in [5.41, 5.74) is 12.4. The van der Waals surface area contributed by atoms with Gasteiger partial charge in [-0.25, -0.2) is 0 Å². The zero-order chi connectivity index (χ0) is 15.6. The van der Waals surface area contributed by atoms with Crippen molar-refractivity contribution in [2.24, 2.45) is 10.8 Å². The molecule has 0 heterocycles. The predicted octanol–water partition coefficient (Wildman–Crippen LogP) is 6.37. The van der Waals surface area contributed by atoms with Crippen molar-refractivity contribution in [1.29, 1.82) is 0 Å². The van der Waals surface area contributed by atoms with Gasteiger partial charge in [0.15, 0.2) is 0 Å². The van der Waals surface area contributed by atoms with Crippen molar-refractivity contribution in [3.63, 3.8) is 0 Å². The van der Waals surface area contributed by atoms with Gasteiger partial charge in [-0.1, -0.05) is 36.1 Å². The first-order chi connectivity index (χ1) is 9.02. The second-order valence-corrected chi connectivity index (χ2v) is 7.25. The third kappa shape index (κ3) is 1.38. The number of allylic oxidation sites excluding steroid dienone is 8. The average Bonchev–Trinajstić information content (AvgIpc) is 2.68. The SMILES string of the molecule is CC1=C(C)C(C)(C2(C)C(C)=C(C)C(C)=C2C)C(C)=C1C. The first kappa shape index (κ1) is 15.4. The molecule has 0 unspecified atom stereocenters. The zero-order valence-electron chi connectivity index (χ0n) is 15.0. The van der Waals surface area contributed by atoms with E-state index in [0.717, 1.165) is 0 Å². The largest absolute Gasteiger partial charge is 0.0589 e. The molecule has 0 saturated heterocycles. The lowest BCUT2D eigenvalue weighted by Gasteiger charge is -2.47. The van der Waals surface area contributed by atoms with Gasteiger partial charge in [0, 0.05) is 10.8 Å². The lowest BCUT2D eigenvalue weighted by molar-refractivity contribution is 0.248. The zero-order valence-corrected chi connectivity index (χ0v) is 15.0. The molecule has 0 radical (unpaired) electrons. The molecular weight excluding hydrogens is 240 g/mol. The summed E-state index contributed by atoms with van der Waals surface area (Å²) in [6.45, 7) is 23.4. The number of hydrogen-bond acceptors (Lipinski definition) is 0. The van der Waals surface area contributed by atoms with Crippen LogP contribution < -0.4 is 0 Å². The minimum Gasteiger partial charge on any atom is -0.0589 e.